The van der Waals surface area contributed by atoms with Gasteiger partial charge < -0.3 is 15.3 Å². The van der Waals surface area contributed by atoms with Crippen LogP contribution in [0, 0.1) is 30.6 Å². The Morgan fingerprint density at radius 2 is 1.67 bits per heavy atom. The van der Waals surface area contributed by atoms with Crippen molar-refractivity contribution in [2.24, 2.45) is 10.9 Å². The molecule has 126 valence electrons. The predicted octanol–water partition coefficient (Wildman–Crippen LogP) is 2.82. The van der Waals surface area contributed by atoms with E-state index < -0.39 is 0 Å². The lowest BCUT2D eigenvalue weighted by molar-refractivity contribution is 0.284. The zero-order chi connectivity index (χ0) is 18.8. The van der Waals surface area contributed by atoms with E-state index in [1.807, 2.05) is 49.5 Å². The highest BCUT2D eigenvalue weighted by atomic mass is 16.5. The third-order valence-electron chi connectivity index (χ3n) is 2.44. The number of ether oxygens (including phenoxy) is 2. The summed E-state index contributed by atoms with van der Waals surface area (Å²) in [5.74, 6) is 5.85. The highest BCUT2D eigenvalue weighted by molar-refractivity contribution is 5.39. The molecule has 2 aromatic rings. The number of nitriles is 2. The van der Waals surface area contributed by atoms with Gasteiger partial charge in [-0.25, -0.2) is 10.5 Å². The first-order valence-electron chi connectivity index (χ1n) is 6.56. The number of hydrazone groups is 1. The van der Waals surface area contributed by atoms with Gasteiger partial charge in [-0.05, 0) is 25.1 Å². The van der Waals surface area contributed by atoms with Crippen molar-refractivity contribution in [2.45, 2.75) is 13.5 Å². The molecule has 24 heavy (non-hydrogen) atoms. The van der Waals surface area contributed by atoms with E-state index in [2.05, 4.69) is 35.8 Å². The second kappa shape index (κ2) is 15.8. The summed E-state index contributed by atoms with van der Waals surface area (Å²) in [6.45, 7) is 12.3. The van der Waals surface area contributed by atoms with Crippen molar-refractivity contribution in [3.8, 4) is 24.6 Å². The molecule has 1 aromatic carbocycles. The van der Waals surface area contributed by atoms with Gasteiger partial charge in [0.1, 0.15) is 6.61 Å². The lowest BCUT2D eigenvalue weighted by Crippen LogP contribution is -1.98. The Balaban J connectivity index is 0. The van der Waals surface area contributed by atoms with Gasteiger partial charge in [0.05, 0.1) is 7.11 Å². The van der Waals surface area contributed by atoms with Crippen LogP contribution in [0.5, 0.6) is 11.5 Å². The number of aromatic nitrogens is 1. The Labute approximate surface area is 142 Å². The summed E-state index contributed by atoms with van der Waals surface area (Å²) in [6, 6.07) is 11.6. The Morgan fingerprint density at radius 3 is 2.12 bits per heavy atom. The second-order valence-corrected chi connectivity index (χ2v) is 3.93. The number of hydrogen-bond donors (Lipinski definition) is 1. The third-order valence-corrected chi connectivity index (χ3v) is 2.44. The van der Waals surface area contributed by atoms with Gasteiger partial charge in [-0.2, -0.15) is 5.10 Å². The lowest BCUT2D eigenvalue weighted by atomic mass is 10.2. The molecule has 0 atom stereocenters. The molecule has 0 aliphatic carbocycles. The minimum absolute atomic E-state index is 0.494. The largest absolute Gasteiger partial charge is 0.493 e. The molecule has 1 aromatic heterocycles. The molecule has 0 saturated heterocycles. The molecule has 2 N–H and O–H groups in total. The molecular weight excluding hydrogens is 306 g/mol. The molecule has 0 bridgehead atoms. The fourth-order valence-corrected chi connectivity index (χ4v) is 1.48. The van der Waals surface area contributed by atoms with Gasteiger partial charge in [-0.3, -0.25) is 4.98 Å². The number of pyridine rings is 1. The molecule has 7 nitrogen and oxygen atoms in total. The average Bonchev–Trinajstić information content (AvgIpc) is 2.65. The van der Waals surface area contributed by atoms with E-state index >= 15 is 0 Å². The minimum atomic E-state index is 0.494. The van der Waals surface area contributed by atoms with Crippen LogP contribution >= 0.6 is 0 Å². The topological polar surface area (TPSA) is 117 Å². The monoisotopic (exact) mass is 327 g/mol. The normalized spacial score (nSPS) is 7.75. The van der Waals surface area contributed by atoms with E-state index in [4.69, 9.17) is 20.0 Å². The summed E-state index contributed by atoms with van der Waals surface area (Å²) in [6.07, 6.45) is 1.82. The smallest absolute Gasteiger partial charge is 0.161 e. The first kappa shape index (κ1) is 22.7. The van der Waals surface area contributed by atoms with Crippen LogP contribution < -0.4 is 15.3 Å². The van der Waals surface area contributed by atoms with Crippen molar-refractivity contribution in [2.75, 3.05) is 7.11 Å². The Hall–Kier alpha value is -3.58. The number of nitrogens with two attached hydrogens (primary N) is 1. The van der Waals surface area contributed by atoms with E-state index in [0.717, 1.165) is 22.8 Å². The van der Waals surface area contributed by atoms with E-state index in [1.165, 1.54) is 0 Å². The maximum Gasteiger partial charge on any atom is 0.161 e. The van der Waals surface area contributed by atoms with Crippen molar-refractivity contribution in [3.05, 3.63) is 53.9 Å². The summed E-state index contributed by atoms with van der Waals surface area (Å²) < 4.78 is 10.9. The Kier molecular flexibility index (Phi) is 14.9. The van der Waals surface area contributed by atoms with E-state index in [1.54, 1.807) is 7.11 Å². The molecular formula is C17H21N5O2. The van der Waals surface area contributed by atoms with Crippen LogP contribution in [-0.4, -0.2) is 18.8 Å². The van der Waals surface area contributed by atoms with Crippen LogP contribution in [0.25, 0.3) is 0 Å². The number of para-hydroxylation sites is 2. The Bertz CT molecular complexity index is 603. The van der Waals surface area contributed by atoms with Gasteiger partial charge in [-0.15, -0.1) is 0 Å². The second-order valence-electron chi connectivity index (χ2n) is 3.93. The van der Waals surface area contributed by atoms with Gasteiger partial charge in [0.25, 0.3) is 0 Å². The van der Waals surface area contributed by atoms with E-state index in [0.29, 0.717) is 6.61 Å². The standard InChI is InChI=1S/C14H15NO2.CH4N2.2CHN/c1-11-7-8-12(9-15-11)10-17-14-6-4-3-5-13(14)16-2;1-3-2;2*1-2/h3-9H,10H2,1-2H3;1-2H2;2*1H. The van der Waals surface area contributed by atoms with E-state index in [-0.39, 0.29) is 0 Å². The van der Waals surface area contributed by atoms with Gasteiger partial charge in [0, 0.05) is 37.3 Å². The quantitative estimate of drug-likeness (QED) is 0.524. The van der Waals surface area contributed by atoms with Gasteiger partial charge in [0.15, 0.2) is 11.5 Å². The van der Waals surface area contributed by atoms with Crippen molar-refractivity contribution in [3.63, 3.8) is 0 Å². The Morgan fingerprint density at radius 1 is 1.12 bits per heavy atom. The summed E-state index contributed by atoms with van der Waals surface area (Å²) in [4.78, 5) is 4.22. The lowest BCUT2D eigenvalue weighted by Gasteiger charge is -2.10. The van der Waals surface area contributed by atoms with Gasteiger partial charge >= 0.3 is 0 Å². The number of aryl methyl sites for hydroxylation is 1. The fraction of sp³-hybridized carbons (Fsp3) is 0.176. The van der Waals surface area contributed by atoms with Crippen LogP contribution in [0.3, 0.4) is 0 Å². The van der Waals surface area contributed by atoms with Crippen molar-refractivity contribution >= 4 is 6.72 Å². The molecule has 0 amide bonds. The molecule has 0 aliphatic rings. The molecule has 0 aliphatic heterocycles. The zero-order valence-corrected chi connectivity index (χ0v) is 13.8. The van der Waals surface area contributed by atoms with Crippen LogP contribution in [0.4, 0.5) is 0 Å². The molecule has 0 radical (unpaired) electrons. The molecule has 0 fully saturated rings. The number of rotatable bonds is 4. The van der Waals surface area contributed by atoms with Crippen molar-refractivity contribution in [1.29, 1.82) is 10.5 Å². The van der Waals surface area contributed by atoms with Gasteiger partial charge in [0.2, 0.25) is 0 Å². The molecule has 0 saturated carbocycles. The maximum atomic E-state index is 6.50. The van der Waals surface area contributed by atoms with Gasteiger partial charge in [-0.1, -0.05) is 18.2 Å². The van der Waals surface area contributed by atoms with Crippen LogP contribution in [-0.2, 0) is 6.61 Å². The summed E-state index contributed by atoms with van der Waals surface area (Å²) in [7, 11) is 1.63. The molecule has 1 heterocycles. The number of benzene rings is 1. The van der Waals surface area contributed by atoms with Crippen molar-refractivity contribution in [1.82, 2.24) is 4.98 Å². The first-order valence-corrected chi connectivity index (χ1v) is 6.56. The molecule has 0 unspecified atom stereocenters. The van der Waals surface area contributed by atoms with Crippen LogP contribution in [0.1, 0.15) is 11.3 Å². The zero-order valence-electron chi connectivity index (χ0n) is 13.8. The minimum Gasteiger partial charge on any atom is -0.493 e. The summed E-state index contributed by atoms with van der Waals surface area (Å²) in [5, 5.41) is 15.8. The predicted molar refractivity (Wildman–Crippen MR) is 93.4 cm³/mol. The fourth-order valence-electron chi connectivity index (χ4n) is 1.48. The number of nitrogens with zero attached hydrogens (tertiary/aromatic N) is 4. The van der Waals surface area contributed by atoms with Crippen LogP contribution in [0.2, 0.25) is 0 Å². The average molecular weight is 327 g/mol. The number of hydrogen-bond acceptors (Lipinski definition) is 7. The molecule has 2 rings (SSSR count). The maximum absolute atomic E-state index is 6.50. The molecule has 7 heteroatoms. The van der Waals surface area contributed by atoms with E-state index in [9.17, 15) is 0 Å². The summed E-state index contributed by atoms with van der Waals surface area (Å²) >= 11 is 0. The highest BCUT2D eigenvalue weighted by Crippen LogP contribution is 2.26. The number of methoxy groups -OCH3 is 1. The van der Waals surface area contributed by atoms with Crippen molar-refractivity contribution < 1.29 is 9.47 Å². The summed E-state index contributed by atoms with van der Waals surface area (Å²) in [5.41, 5.74) is 2.05. The highest BCUT2D eigenvalue weighted by Gasteiger charge is 2.02. The van der Waals surface area contributed by atoms with Crippen LogP contribution in [0.15, 0.2) is 47.7 Å². The third kappa shape index (κ3) is 9.37. The molecule has 0 spiro atoms. The SMILES string of the molecule is C#N.C#N.C=NN.COc1ccccc1OCc1ccc(C)nc1. The first-order chi connectivity index (χ1) is 11.7.